The minimum Gasteiger partial charge on any atom is -0.471 e. The van der Waals surface area contributed by atoms with Gasteiger partial charge in [-0.25, -0.2) is 28.5 Å². The maximum atomic E-state index is 12.8. The molecule has 2 N–H and O–H groups in total. The van der Waals surface area contributed by atoms with Gasteiger partial charge in [-0.2, -0.15) is 0 Å². The summed E-state index contributed by atoms with van der Waals surface area (Å²) in [5, 5.41) is 15.4. The number of ether oxygens (including phenoxy) is 2. The zero-order chi connectivity index (χ0) is 25.8. The van der Waals surface area contributed by atoms with Gasteiger partial charge >= 0.3 is 5.97 Å². The topological polar surface area (TPSA) is 106 Å². The summed E-state index contributed by atoms with van der Waals surface area (Å²) in [4.78, 5) is 25.7. The number of alkyl halides is 2. The summed E-state index contributed by atoms with van der Waals surface area (Å²) in [6.45, 7) is 6.59. The van der Waals surface area contributed by atoms with Crippen LogP contribution in [0.25, 0.3) is 10.8 Å². The van der Waals surface area contributed by atoms with Crippen molar-refractivity contribution in [3.05, 3.63) is 47.4 Å². The number of hydrogen-bond donors (Lipinski definition) is 2. The summed E-state index contributed by atoms with van der Waals surface area (Å²) < 4.78 is 36.3. The first-order valence-electron chi connectivity index (χ1n) is 11.9. The molecule has 2 aliphatic rings. The van der Waals surface area contributed by atoms with E-state index in [0.29, 0.717) is 39.2 Å². The monoisotopic (exact) mass is 498 g/mol. The van der Waals surface area contributed by atoms with E-state index in [-0.39, 0.29) is 17.7 Å². The van der Waals surface area contributed by atoms with Gasteiger partial charge in [0.05, 0.1) is 22.2 Å². The van der Waals surface area contributed by atoms with Gasteiger partial charge in [-0.1, -0.05) is 6.92 Å². The van der Waals surface area contributed by atoms with Crippen molar-refractivity contribution in [2.24, 2.45) is 5.92 Å². The molecule has 0 aromatic carbocycles. The minimum absolute atomic E-state index is 0.0289. The number of pyridine rings is 3. The van der Waals surface area contributed by atoms with Crippen LogP contribution in [0.5, 0.6) is 5.88 Å². The molecule has 2 atom stereocenters. The van der Waals surface area contributed by atoms with Gasteiger partial charge in [0.15, 0.2) is 6.61 Å². The zero-order valence-corrected chi connectivity index (χ0v) is 20.5. The minimum atomic E-state index is -2.65. The molecule has 0 spiro atoms. The number of carbonyl (C=O) groups is 1. The maximum absolute atomic E-state index is 12.8. The van der Waals surface area contributed by atoms with Gasteiger partial charge in [-0.15, -0.1) is 0 Å². The Labute approximate surface area is 207 Å². The number of esters is 1. The smallest absolute Gasteiger partial charge is 0.340 e. The second kappa shape index (κ2) is 8.62. The van der Waals surface area contributed by atoms with Crippen LogP contribution in [0.15, 0.2) is 30.6 Å². The average molecular weight is 499 g/mol. The molecule has 0 radical (unpaired) electrons. The van der Waals surface area contributed by atoms with Gasteiger partial charge < -0.3 is 19.9 Å². The number of nitrogens with zero attached hydrogens (tertiary/aromatic N) is 3. The molecule has 1 aliphatic heterocycles. The number of rotatable bonds is 7. The van der Waals surface area contributed by atoms with Crippen molar-refractivity contribution in [2.75, 3.05) is 11.9 Å². The first kappa shape index (κ1) is 24.3. The van der Waals surface area contributed by atoms with Crippen molar-refractivity contribution >= 4 is 28.4 Å². The molecule has 0 saturated heterocycles. The van der Waals surface area contributed by atoms with E-state index in [0.717, 1.165) is 12.8 Å². The number of halogens is 2. The van der Waals surface area contributed by atoms with Crippen molar-refractivity contribution in [1.82, 2.24) is 15.0 Å². The molecule has 1 saturated carbocycles. The van der Waals surface area contributed by atoms with Crippen LogP contribution < -0.4 is 10.1 Å². The van der Waals surface area contributed by atoms with Gasteiger partial charge in [-0.3, -0.25) is 0 Å². The Kier molecular flexibility index (Phi) is 5.82. The Balaban J connectivity index is 1.54. The van der Waals surface area contributed by atoms with Gasteiger partial charge in [0, 0.05) is 23.9 Å². The lowest BCUT2D eigenvalue weighted by Gasteiger charge is -2.36. The molecule has 0 unspecified atom stereocenters. The number of hydrogen-bond acceptors (Lipinski definition) is 8. The van der Waals surface area contributed by atoms with Crippen LogP contribution in [0.4, 0.5) is 20.4 Å². The predicted octanol–water partition coefficient (Wildman–Crippen LogP) is 5.08. The quantitative estimate of drug-likeness (QED) is 0.434. The van der Waals surface area contributed by atoms with Crippen molar-refractivity contribution in [2.45, 2.75) is 64.1 Å². The van der Waals surface area contributed by atoms with E-state index in [1.54, 1.807) is 25.1 Å². The van der Waals surface area contributed by atoms with Crippen molar-refractivity contribution in [3.63, 3.8) is 0 Å². The number of aliphatic hydroxyl groups is 1. The predicted molar refractivity (Wildman–Crippen MR) is 129 cm³/mol. The molecule has 3 aromatic rings. The molecule has 10 heteroatoms. The normalized spacial score (nSPS) is 20.6. The van der Waals surface area contributed by atoms with Crippen LogP contribution in [-0.4, -0.2) is 44.7 Å². The van der Waals surface area contributed by atoms with E-state index in [9.17, 15) is 18.7 Å². The fraction of sp³-hybridized carbons (Fsp3) is 0.462. The first-order chi connectivity index (χ1) is 17.0. The summed E-state index contributed by atoms with van der Waals surface area (Å²) in [6.07, 6.45) is 2.11. The highest BCUT2D eigenvalue weighted by Crippen LogP contribution is 2.48. The molecule has 36 heavy (non-hydrogen) atoms. The lowest BCUT2D eigenvalue weighted by Crippen LogP contribution is -2.39. The molecule has 0 amide bonds. The Morgan fingerprint density at radius 2 is 1.97 bits per heavy atom. The van der Waals surface area contributed by atoms with Crippen molar-refractivity contribution < 1.29 is 28.2 Å². The average Bonchev–Trinajstić information content (AvgIpc) is 3.67. The zero-order valence-electron chi connectivity index (χ0n) is 20.5. The Morgan fingerprint density at radius 3 is 2.67 bits per heavy atom. The number of cyclic esters (lactones) is 1. The largest absolute Gasteiger partial charge is 0.471 e. The van der Waals surface area contributed by atoms with Gasteiger partial charge in [0.1, 0.15) is 17.2 Å². The van der Waals surface area contributed by atoms with E-state index < -0.39 is 30.2 Å². The van der Waals surface area contributed by atoms with Gasteiger partial charge in [-0.05, 0) is 63.1 Å². The van der Waals surface area contributed by atoms with E-state index in [2.05, 4.69) is 20.3 Å². The number of aromatic nitrogens is 3. The van der Waals surface area contributed by atoms with Gasteiger partial charge in [0.25, 0.3) is 6.43 Å². The Bertz CT molecular complexity index is 1340. The third kappa shape index (κ3) is 4.34. The summed E-state index contributed by atoms with van der Waals surface area (Å²) in [6, 6.07) is 5.06. The number of nitrogens with one attached hydrogen (secondary N) is 1. The highest BCUT2D eigenvalue weighted by atomic mass is 19.3. The molecule has 4 heterocycles. The molecular formula is C26H28F2N4O4. The van der Waals surface area contributed by atoms with Crippen molar-refractivity contribution in [3.8, 4) is 5.88 Å². The van der Waals surface area contributed by atoms with Gasteiger partial charge in [0.2, 0.25) is 5.88 Å². The number of carbonyl (C=O) groups excluding carboxylic acids is 1. The molecule has 8 nitrogen and oxygen atoms in total. The molecule has 3 aromatic heterocycles. The standard InChI is InChI=1S/C26H28F2N4O4/c1-13-22-15(24(33)36-25(13,2)3)7-8-20(32-22)31-21-9-16-17(10-29-21)23(35-12-19(27)28)30-11-18(16)26(4,34)14-5-6-14/h7-11,13-14,19,34H,5-6,12H2,1-4H3,(H,29,31,32)/t13-,26-/m1/s1. The highest BCUT2D eigenvalue weighted by molar-refractivity contribution is 5.93. The van der Waals surface area contributed by atoms with Crippen LogP contribution in [0.2, 0.25) is 0 Å². The summed E-state index contributed by atoms with van der Waals surface area (Å²) in [5.41, 5.74) is -0.204. The van der Waals surface area contributed by atoms with Crippen molar-refractivity contribution in [1.29, 1.82) is 0 Å². The number of fused-ring (bicyclic) bond motifs is 2. The van der Waals surface area contributed by atoms with Crippen LogP contribution in [0.1, 0.15) is 68.1 Å². The molecule has 1 fully saturated rings. The second-order valence-corrected chi connectivity index (χ2v) is 10.2. The lowest BCUT2D eigenvalue weighted by atomic mass is 9.84. The third-order valence-electron chi connectivity index (χ3n) is 7.21. The summed E-state index contributed by atoms with van der Waals surface area (Å²) in [5.74, 6) is 0.493. The maximum Gasteiger partial charge on any atom is 0.340 e. The highest BCUT2D eigenvalue weighted by Gasteiger charge is 2.43. The van der Waals surface area contributed by atoms with E-state index >= 15 is 0 Å². The lowest BCUT2D eigenvalue weighted by molar-refractivity contribution is -0.0189. The van der Waals surface area contributed by atoms with E-state index in [4.69, 9.17) is 9.47 Å². The first-order valence-corrected chi connectivity index (χ1v) is 11.9. The molecule has 0 bridgehead atoms. The fourth-order valence-corrected chi connectivity index (χ4v) is 4.59. The Morgan fingerprint density at radius 1 is 1.22 bits per heavy atom. The van der Waals surface area contributed by atoms with E-state index in [1.807, 2.05) is 20.8 Å². The third-order valence-corrected chi connectivity index (χ3v) is 7.21. The molecule has 1 aliphatic carbocycles. The molecule has 190 valence electrons. The number of anilines is 2. The van der Waals surface area contributed by atoms with Crippen LogP contribution >= 0.6 is 0 Å². The summed E-state index contributed by atoms with van der Waals surface area (Å²) in [7, 11) is 0. The Hall–Kier alpha value is -3.40. The molecule has 5 rings (SSSR count). The van der Waals surface area contributed by atoms with Crippen LogP contribution in [-0.2, 0) is 10.3 Å². The summed E-state index contributed by atoms with van der Waals surface area (Å²) >= 11 is 0. The fourth-order valence-electron chi connectivity index (χ4n) is 4.59. The van der Waals surface area contributed by atoms with E-state index in [1.165, 1.54) is 12.4 Å². The molecular weight excluding hydrogens is 470 g/mol. The second-order valence-electron chi connectivity index (χ2n) is 10.2. The van der Waals surface area contributed by atoms with Crippen LogP contribution in [0.3, 0.4) is 0 Å². The van der Waals surface area contributed by atoms with Crippen LogP contribution in [0, 0.1) is 5.92 Å². The SMILES string of the molecule is C[C@@H]1c2nc(Nc3cc4c([C@](C)(O)C5CC5)cnc(OCC(F)F)c4cn3)ccc2C(=O)OC1(C)C.